The van der Waals surface area contributed by atoms with Gasteiger partial charge in [0.15, 0.2) is 6.61 Å². The highest BCUT2D eigenvalue weighted by atomic mass is 16.6. The smallest absolute Gasteiger partial charge is 0.282 e. The summed E-state index contributed by atoms with van der Waals surface area (Å²) in [5.41, 5.74) is 1.00. The van der Waals surface area contributed by atoms with Gasteiger partial charge in [-0.15, -0.1) is 0 Å². The molecule has 8 nitrogen and oxygen atoms in total. The van der Waals surface area contributed by atoms with Crippen molar-refractivity contribution in [3.63, 3.8) is 0 Å². The molecule has 1 unspecified atom stereocenters. The Bertz CT molecular complexity index is 865. The van der Waals surface area contributed by atoms with E-state index in [1.807, 2.05) is 0 Å². The van der Waals surface area contributed by atoms with Crippen molar-refractivity contribution in [2.45, 2.75) is 13.0 Å². The number of hydrogen-bond acceptors (Lipinski definition) is 5. The number of carbonyl (C=O) groups excluding carboxylic acids is 2. The molecule has 0 bridgehead atoms. The number of rotatable bonds is 4. The molecule has 1 atom stereocenters. The molecule has 25 heavy (non-hydrogen) atoms. The molecule has 2 N–H and O–H groups in total. The number of fused-ring (bicyclic) bond motifs is 1. The summed E-state index contributed by atoms with van der Waals surface area (Å²) in [6.07, 6.45) is 0. The average molecular weight is 341 g/mol. The molecule has 0 aliphatic carbocycles. The number of nitrogens with zero attached hydrogens (tertiary/aromatic N) is 1. The van der Waals surface area contributed by atoms with E-state index in [1.54, 1.807) is 31.2 Å². The topological polar surface area (TPSA) is 111 Å². The largest absolute Gasteiger partial charge is 0.482 e. The minimum atomic E-state index is -0.592. The standard InChI is InChI=1S/C17H15N3O5/c1-10(11-6-7-15-13(8-11)19-16(21)9-25-15)18-17(22)12-4-2-3-5-14(12)20(23)24/h2-8,10H,9H2,1H3,(H,18,22)(H,19,21). The van der Waals surface area contributed by atoms with Crippen molar-refractivity contribution in [1.29, 1.82) is 0 Å². The molecule has 1 aliphatic rings. The lowest BCUT2D eigenvalue weighted by Crippen LogP contribution is -2.28. The molecule has 2 amide bonds. The summed E-state index contributed by atoms with van der Waals surface area (Å²) in [4.78, 5) is 34.2. The predicted octanol–water partition coefficient (Wildman–Crippen LogP) is 2.42. The third-order valence-corrected chi connectivity index (χ3v) is 3.83. The Balaban J connectivity index is 1.80. The number of nitrogens with one attached hydrogen (secondary N) is 2. The van der Waals surface area contributed by atoms with Crippen molar-refractivity contribution >= 4 is 23.2 Å². The second-order valence-corrected chi connectivity index (χ2v) is 5.56. The van der Waals surface area contributed by atoms with Gasteiger partial charge in [0, 0.05) is 6.07 Å². The molecular weight excluding hydrogens is 326 g/mol. The lowest BCUT2D eigenvalue weighted by molar-refractivity contribution is -0.385. The van der Waals surface area contributed by atoms with Crippen molar-refractivity contribution in [3.05, 3.63) is 63.7 Å². The van der Waals surface area contributed by atoms with Crippen LogP contribution in [-0.4, -0.2) is 23.3 Å². The zero-order valence-corrected chi connectivity index (χ0v) is 13.3. The van der Waals surface area contributed by atoms with Crippen LogP contribution in [0.15, 0.2) is 42.5 Å². The third-order valence-electron chi connectivity index (χ3n) is 3.83. The van der Waals surface area contributed by atoms with Crippen LogP contribution in [0.2, 0.25) is 0 Å². The number of hydrogen-bond donors (Lipinski definition) is 2. The fourth-order valence-electron chi connectivity index (χ4n) is 2.55. The fraction of sp³-hybridized carbons (Fsp3) is 0.176. The van der Waals surface area contributed by atoms with E-state index >= 15 is 0 Å². The second kappa shape index (κ2) is 6.60. The van der Waals surface area contributed by atoms with Crippen molar-refractivity contribution in [2.75, 3.05) is 11.9 Å². The minimum Gasteiger partial charge on any atom is -0.482 e. The van der Waals surface area contributed by atoms with Crippen LogP contribution in [0.25, 0.3) is 0 Å². The second-order valence-electron chi connectivity index (χ2n) is 5.56. The van der Waals surface area contributed by atoms with Crippen LogP contribution in [0.4, 0.5) is 11.4 Å². The van der Waals surface area contributed by atoms with Crippen LogP contribution in [0.1, 0.15) is 28.9 Å². The zero-order chi connectivity index (χ0) is 18.0. The highest BCUT2D eigenvalue weighted by molar-refractivity contribution is 5.98. The molecule has 0 aromatic heterocycles. The summed E-state index contributed by atoms with van der Waals surface area (Å²) in [6.45, 7) is 1.72. The third kappa shape index (κ3) is 3.42. The molecule has 1 aliphatic heterocycles. The average Bonchev–Trinajstić information content (AvgIpc) is 2.60. The molecule has 0 saturated heterocycles. The summed E-state index contributed by atoms with van der Waals surface area (Å²) in [6, 6.07) is 10.5. The van der Waals surface area contributed by atoms with E-state index in [9.17, 15) is 19.7 Å². The Kier molecular flexibility index (Phi) is 4.34. The number of anilines is 1. The summed E-state index contributed by atoms with van der Waals surface area (Å²) >= 11 is 0. The molecule has 8 heteroatoms. The first-order valence-corrected chi connectivity index (χ1v) is 7.56. The number of para-hydroxylation sites is 1. The van der Waals surface area contributed by atoms with Crippen LogP contribution < -0.4 is 15.4 Å². The Morgan fingerprint density at radius 1 is 1.32 bits per heavy atom. The van der Waals surface area contributed by atoms with Gasteiger partial charge in [0.25, 0.3) is 17.5 Å². The van der Waals surface area contributed by atoms with Crippen LogP contribution in [0.5, 0.6) is 5.75 Å². The quantitative estimate of drug-likeness (QED) is 0.655. The van der Waals surface area contributed by atoms with Crippen molar-refractivity contribution in [1.82, 2.24) is 5.32 Å². The van der Waals surface area contributed by atoms with Crippen LogP contribution in [-0.2, 0) is 4.79 Å². The molecule has 2 aromatic rings. The number of nitro groups is 1. The van der Waals surface area contributed by atoms with Gasteiger partial charge in [-0.05, 0) is 30.7 Å². The number of amides is 2. The number of benzene rings is 2. The number of nitro benzene ring substituents is 1. The van der Waals surface area contributed by atoms with Gasteiger partial charge in [0.2, 0.25) is 0 Å². The van der Waals surface area contributed by atoms with Gasteiger partial charge in [0.05, 0.1) is 16.7 Å². The highest BCUT2D eigenvalue weighted by Crippen LogP contribution is 2.30. The van der Waals surface area contributed by atoms with Crippen molar-refractivity contribution in [2.24, 2.45) is 0 Å². The van der Waals surface area contributed by atoms with Gasteiger partial charge in [-0.25, -0.2) is 0 Å². The van der Waals surface area contributed by atoms with E-state index in [4.69, 9.17) is 4.74 Å². The van der Waals surface area contributed by atoms with E-state index in [0.717, 1.165) is 5.56 Å². The maximum Gasteiger partial charge on any atom is 0.282 e. The summed E-state index contributed by atoms with van der Waals surface area (Å²) in [7, 11) is 0. The van der Waals surface area contributed by atoms with Gasteiger partial charge in [-0.2, -0.15) is 0 Å². The van der Waals surface area contributed by atoms with E-state index < -0.39 is 16.9 Å². The predicted molar refractivity (Wildman–Crippen MR) is 89.5 cm³/mol. The molecule has 0 radical (unpaired) electrons. The van der Waals surface area contributed by atoms with Crippen molar-refractivity contribution < 1.29 is 19.2 Å². The Morgan fingerprint density at radius 2 is 2.08 bits per heavy atom. The Labute approximate surface area is 142 Å². The highest BCUT2D eigenvalue weighted by Gasteiger charge is 2.22. The molecule has 1 heterocycles. The van der Waals surface area contributed by atoms with E-state index in [0.29, 0.717) is 11.4 Å². The molecule has 0 spiro atoms. The van der Waals surface area contributed by atoms with Gasteiger partial charge in [-0.1, -0.05) is 18.2 Å². The first-order chi connectivity index (χ1) is 12.0. The van der Waals surface area contributed by atoms with Gasteiger partial charge < -0.3 is 15.4 Å². The number of carbonyl (C=O) groups is 2. The minimum absolute atomic E-state index is 0.00561. The van der Waals surface area contributed by atoms with Crippen molar-refractivity contribution in [3.8, 4) is 5.75 Å². The maximum atomic E-state index is 12.4. The molecule has 128 valence electrons. The van der Waals surface area contributed by atoms with Gasteiger partial charge in [0.1, 0.15) is 11.3 Å². The van der Waals surface area contributed by atoms with E-state index in [2.05, 4.69) is 10.6 Å². The summed E-state index contributed by atoms with van der Waals surface area (Å²) in [5.74, 6) is -0.236. The zero-order valence-electron chi connectivity index (χ0n) is 13.3. The van der Waals surface area contributed by atoms with Crippen LogP contribution in [0.3, 0.4) is 0 Å². The normalized spacial score (nSPS) is 13.9. The first-order valence-electron chi connectivity index (χ1n) is 7.56. The van der Waals surface area contributed by atoms with Gasteiger partial charge in [-0.3, -0.25) is 19.7 Å². The lowest BCUT2D eigenvalue weighted by atomic mass is 10.1. The lowest BCUT2D eigenvalue weighted by Gasteiger charge is -2.21. The monoisotopic (exact) mass is 341 g/mol. The molecule has 2 aromatic carbocycles. The molecule has 3 rings (SSSR count). The Hall–Kier alpha value is -3.42. The van der Waals surface area contributed by atoms with Crippen LogP contribution in [0, 0.1) is 10.1 Å². The molecule has 0 saturated carbocycles. The molecular formula is C17H15N3O5. The number of ether oxygens (including phenoxy) is 1. The summed E-state index contributed by atoms with van der Waals surface area (Å²) < 4.78 is 5.29. The van der Waals surface area contributed by atoms with E-state index in [-0.39, 0.29) is 23.8 Å². The summed E-state index contributed by atoms with van der Waals surface area (Å²) in [5, 5.41) is 16.5. The van der Waals surface area contributed by atoms with E-state index in [1.165, 1.54) is 18.2 Å². The maximum absolute atomic E-state index is 12.4. The fourth-order valence-corrected chi connectivity index (χ4v) is 2.55. The Morgan fingerprint density at radius 3 is 2.84 bits per heavy atom. The van der Waals surface area contributed by atoms with Crippen LogP contribution >= 0.6 is 0 Å². The van der Waals surface area contributed by atoms with Gasteiger partial charge >= 0.3 is 0 Å². The molecule has 0 fully saturated rings. The first kappa shape index (κ1) is 16.4. The SMILES string of the molecule is CC(NC(=O)c1ccccc1[N+](=O)[O-])c1ccc2c(c1)NC(=O)CO2.